The molecule has 2 aromatic rings. The topological polar surface area (TPSA) is 99.0 Å². The zero-order valence-electron chi connectivity index (χ0n) is 14.7. The number of alkyl carbamates (subject to hydrolysis) is 1. The van der Waals surface area contributed by atoms with Crippen LogP contribution < -0.4 is 5.32 Å². The second-order valence-electron chi connectivity index (χ2n) is 6.95. The maximum absolute atomic E-state index is 11.6. The van der Waals surface area contributed by atoms with Crippen LogP contribution >= 0.6 is 0 Å². The van der Waals surface area contributed by atoms with Crippen LogP contribution in [0.25, 0.3) is 10.8 Å². The van der Waals surface area contributed by atoms with Gasteiger partial charge >= 0.3 is 6.09 Å². The zero-order chi connectivity index (χ0) is 18.6. The predicted molar refractivity (Wildman–Crippen MR) is 95.4 cm³/mol. The Hall–Kier alpha value is -2.31. The number of aliphatic hydroxyl groups excluding tert-OH is 2. The number of amides is 1. The van der Waals surface area contributed by atoms with Crippen LogP contribution in [0.3, 0.4) is 0 Å². The van der Waals surface area contributed by atoms with Gasteiger partial charge in [0.05, 0.1) is 6.10 Å². The van der Waals surface area contributed by atoms with Gasteiger partial charge in [-0.05, 0) is 44.2 Å². The SMILES string of the molecule is CC(C)(C)OC(=O)NCCC(O)C(O)c1ccc(O)c2ccccc12. The summed E-state index contributed by atoms with van der Waals surface area (Å²) in [6.45, 7) is 5.46. The van der Waals surface area contributed by atoms with E-state index in [2.05, 4.69) is 5.32 Å². The number of benzene rings is 2. The first-order valence-corrected chi connectivity index (χ1v) is 8.22. The van der Waals surface area contributed by atoms with Crippen LogP contribution in [0, 0.1) is 0 Å². The van der Waals surface area contributed by atoms with Crippen molar-refractivity contribution in [2.75, 3.05) is 6.54 Å². The number of aliphatic hydroxyl groups is 2. The maximum Gasteiger partial charge on any atom is 0.407 e. The highest BCUT2D eigenvalue weighted by Gasteiger charge is 2.22. The van der Waals surface area contributed by atoms with Crippen LogP contribution in [0.2, 0.25) is 0 Å². The molecule has 1 amide bonds. The highest BCUT2D eigenvalue weighted by molar-refractivity contribution is 5.91. The monoisotopic (exact) mass is 347 g/mol. The average molecular weight is 347 g/mol. The first-order valence-electron chi connectivity index (χ1n) is 8.22. The van der Waals surface area contributed by atoms with E-state index < -0.39 is 23.9 Å². The van der Waals surface area contributed by atoms with E-state index in [9.17, 15) is 20.1 Å². The highest BCUT2D eigenvalue weighted by Crippen LogP contribution is 2.32. The van der Waals surface area contributed by atoms with Crippen LogP contribution in [-0.4, -0.2) is 39.7 Å². The summed E-state index contributed by atoms with van der Waals surface area (Å²) in [4.78, 5) is 11.6. The second kappa shape index (κ2) is 7.72. The van der Waals surface area contributed by atoms with E-state index in [4.69, 9.17) is 4.74 Å². The van der Waals surface area contributed by atoms with E-state index in [1.54, 1.807) is 51.1 Å². The molecular formula is C19H25NO5. The molecule has 0 radical (unpaired) electrons. The van der Waals surface area contributed by atoms with Crippen LogP contribution in [-0.2, 0) is 4.74 Å². The smallest absolute Gasteiger partial charge is 0.407 e. The molecule has 0 bridgehead atoms. The molecule has 0 saturated carbocycles. The van der Waals surface area contributed by atoms with Crippen LogP contribution in [0.4, 0.5) is 4.79 Å². The number of hydrogen-bond acceptors (Lipinski definition) is 5. The summed E-state index contributed by atoms with van der Waals surface area (Å²) in [6.07, 6.45) is -2.60. The summed E-state index contributed by atoms with van der Waals surface area (Å²) >= 11 is 0. The third-order valence-electron chi connectivity index (χ3n) is 3.73. The van der Waals surface area contributed by atoms with Gasteiger partial charge in [-0.15, -0.1) is 0 Å². The maximum atomic E-state index is 11.6. The first-order chi connectivity index (χ1) is 11.7. The Bertz CT molecular complexity index is 738. The quantitative estimate of drug-likeness (QED) is 0.666. The fraction of sp³-hybridized carbons (Fsp3) is 0.421. The third kappa shape index (κ3) is 5.08. The number of phenols is 1. The Labute approximate surface area is 147 Å². The number of phenolic OH excluding ortho intramolecular Hbond substituents is 1. The minimum absolute atomic E-state index is 0.118. The molecule has 0 aliphatic heterocycles. The lowest BCUT2D eigenvalue weighted by Crippen LogP contribution is -2.34. The highest BCUT2D eigenvalue weighted by atomic mass is 16.6. The molecule has 2 rings (SSSR count). The molecule has 4 N–H and O–H groups in total. The van der Waals surface area contributed by atoms with Gasteiger partial charge < -0.3 is 25.4 Å². The van der Waals surface area contributed by atoms with Crippen molar-refractivity contribution in [1.29, 1.82) is 0 Å². The molecule has 2 unspecified atom stereocenters. The van der Waals surface area contributed by atoms with Gasteiger partial charge in [0, 0.05) is 11.9 Å². The Morgan fingerprint density at radius 3 is 2.40 bits per heavy atom. The Morgan fingerprint density at radius 1 is 1.12 bits per heavy atom. The Kier molecular flexibility index (Phi) is 5.87. The number of ether oxygens (including phenoxy) is 1. The van der Waals surface area contributed by atoms with Crippen molar-refractivity contribution in [3.63, 3.8) is 0 Å². The Morgan fingerprint density at radius 2 is 1.76 bits per heavy atom. The fourth-order valence-corrected chi connectivity index (χ4v) is 2.57. The third-order valence-corrected chi connectivity index (χ3v) is 3.73. The van der Waals surface area contributed by atoms with E-state index in [-0.39, 0.29) is 18.7 Å². The van der Waals surface area contributed by atoms with Crippen molar-refractivity contribution in [3.05, 3.63) is 42.0 Å². The number of aromatic hydroxyl groups is 1. The average Bonchev–Trinajstić information content (AvgIpc) is 2.53. The molecule has 2 aromatic carbocycles. The number of nitrogens with one attached hydrogen (secondary N) is 1. The minimum Gasteiger partial charge on any atom is -0.507 e. The van der Waals surface area contributed by atoms with Gasteiger partial charge in [-0.25, -0.2) is 4.79 Å². The number of hydrogen-bond donors (Lipinski definition) is 4. The fourth-order valence-electron chi connectivity index (χ4n) is 2.57. The lowest BCUT2D eigenvalue weighted by atomic mass is 9.95. The molecule has 0 spiro atoms. The summed E-state index contributed by atoms with van der Waals surface area (Å²) in [6, 6.07) is 10.2. The molecule has 136 valence electrons. The lowest BCUT2D eigenvalue weighted by molar-refractivity contribution is 0.0131. The molecule has 2 atom stereocenters. The Balaban J connectivity index is 2.00. The number of rotatable bonds is 5. The van der Waals surface area contributed by atoms with Crippen molar-refractivity contribution >= 4 is 16.9 Å². The molecule has 0 heterocycles. The molecule has 25 heavy (non-hydrogen) atoms. The molecule has 6 nitrogen and oxygen atoms in total. The number of carbonyl (C=O) groups excluding carboxylic acids is 1. The summed E-state index contributed by atoms with van der Waals surface area (Å²) in [5.41, 5.74) is -0.0640. The van der Waals surface area contributed by atoms with Crippen molar-refractivity contribution < 1.29 is 24.9 Å². The van der Waals surface area contributed by atoms with Gasteiger partial charge in [0.1, 0.15) is 17.5 Å². The van der Waals surface area contributed by atoms with Crippen molar-refractivity contribution in [3.8, 4) is 5.75 Å². The van der Waals surface area contributed by atoms with Crippen LogP contribution in [0.15, 0.2) is 36.4 Å². The van der Waals surface area contributed by atoms with Crippen molar-refractivity contribution in [2.45, 2.75) is 45.0 Å². The predicted octanol–water partition coefficient (Wildman–Crippen LogP) is 2.85. The molecule has 0 aliphatic rings. The van der Waals surface area contributed by atoms with Gasteiger partial charge in [0.2, 0.25) is 0 Å². The van der Waals surface area contributed by atoms with E-state index in [0.717, 1.165) is 0 Å². The molecule has 0 fully saturated rings. The normalized spacial score (nSPS) is 14.1. The minimum atomic E-state index is -1.13. The molecule has 0 aromatic heterocycles. The molecule has 6 heteroatoms. The molecular weight excluding hydrogens is 322 g/mol. The van der Waals surface area contributed by atoms with E-state index in [0.29, 0.717) is 16.3 Å². The lowest BCUT2D eigenvalue weighted by Gasteiger charge is -2.22. The van der Waals surface area contributed by atoms with E-state index in [1.807, 2.05) is 0 Å². The summed E-state index contributed by atoms with van der Waals surface area (Å²) in [5, 5.41) is 34.4. The van der Waals surface area contributed by atoms with Crippen LogP contribution in [0.5, 0.6) is 5.75 Å². The van der Waals surface area contributed by atoms with Gasteiger partial charge in [-0.2, -0.15) is 0 Å². The zero-order valence-corrected chi connectivity index (χ0v) is 14.7. The van der Waals surface area contributed by atoms with Crippen LogP contribution in [0.1, 0.15) is 38.9 Å². The first kappa shape index (κ1) is 19.0. The van der Waals surface area contributed by atoms with Gasteiger partial charge in [0.25, 0.3) is 0 Å². The molecule has 0 saturated heterocycles. The standard InChI is InChI=1S/C19H25NO5/c1-19(2,3)25-18(24)20-11-10-16(22)17(23)14-8-9-15(21)13-7-5-4-6-12(13)14/h4-9,16-17,21-23H,10-11H2,1-3H3,(H,20,24). The van der Waals surface area contributed by atoms with E-state index >= 15 is 0 Å². The van der Waals surface area contributed by atoms with E-state index in [1.165, 1.54) is 6.07 Å². The second-order valence-corrected chi connectivity index (χ2v) is 6.95. The van der Waals surface area contributed by atoms with Crippen molar-refractivity contribution in [2.24, 2.45) is 0 Å². The van der Waals surface area contributed by atoms with Gasteiger partial charge in [0.15, 0.2) is 0 Å². The number of carbonyl (C=O) groups is 1. The molecule has 0 aliphatic carbocycles. The van der Waals surface area contributed by atoms with Crippen molar-refractivity contribution in [1.82, 2.24) is 5.32 Å². The summed E-state index contributed by atoms with van der Waals surface area (Å²) < 4.78 is 5.11. The van der Waals surface area contributed by atoms with Gasteiger partial charge in [-0.3, -0.25) is 0 Å². The number of fused-ring (bicyclic) bond motifs is 1. The largest absolute Gasteiger partial charge is 0.507 e. The van der Waals surface area contributed by atoms with Gasteiger partial charge in [-0.1, -0.05) is 30.3 Å². The summed E-state index contributed by atoms with van der Waals surface area (Å²) in [5.74, 6) is 0.118. The summed E-state index contributed by atoms with van der Waals surface area (Å²) in [7, 11) is 0.